The van der Waals surface area contributed by atoms with E-state index < -0.39 is 0 Å². The molecule has 9 heteroatoms. The first kappa shape index (κ1) is 20.4. The highest BCUT2D eigenvalue weighted by molar-refractivity contribution is 5.79. The van der Waals surface area contributed by atoms with Crippen LogP contribution in [0.1, 0.15) is 38.1 Å². The average Bonchev–Trinajstić information content (AvgIpc) is 3.52. The van der Waals surface area contributed by atoms with E-state index >= 15 is 0 Å². The number of amides is 1. The van der Waals surface area contributed by atoms with Gasteiger partial charge in [-0.3, -0.25) is 4.79 Å². The van der Waals surface area contributed by atoms with Crippen LogP contribution in [0, 0.1) is 5.92 Å². The van der Waals surface area contributed by atoms with Crippen LogP contribution in [-0.4, -0.2) is 71.7 Å². The van der Waals surface area contributed by atoms with Gasteiger partial charge in [-0.2, -0.15) is 0 Å². The van der Waals surface area contributed by atoms with Gasteiger partial charge >= 0.3 is 0 Å². The Morgan fingerprint density at radius 1 is 1.06 bits per heavy atom. The Kier molecular flexibility index (Phi) is 5.62. The van der Waals surface area contributed by atoms with Crippen LogP contribution in [0.2, 0.25) is 0 Å². The Morgan fingerprint density at radius 3 is 2.55 bits per heavy atom. The predicted molar refractivity (Wildman–Crippen MR) is 115 cm³/mol. The summed E-state index contributed by atoms with van der Waals surface area (Å²) in [7, 11) is 4.02. The standard InChI is InChI=1S/C22H30N6O3/c1-27(2)16-10-8-14(9-11-16)21-24-25-26-28(21)18-13-31-19-17(12-30-20(18)19)23-22(29)15-6-4-3-5-7-15/h8-11,15,17-20H,3-7,12-13H2,1-2H3,(H,23,29). The molecule has 1 aliphatic carbocycles. The fourth-order valence-corrected chi connectivity index (χ4v) is 4.99. The molecule has 1 N–H and O–H groups in total. The van der Waals surface area contributed by atoms with E-state index in [-0.39, 0.29) is 36.1 Å². The van der Waals surface area contributed by atoms with E-state index in [0.717, 1.165) is 36.9 Å². The number of aromatic nitrogens is 4. The van der Waals surface area contributed by atoms with Crippen LogP contribution < -0.4 is 10.2 Å². The summed E-state index contributed by atoms with van der Waals surface area (Å²) in [6, 6.07) is 7.89. The minimum Gasteiger partial charge on any atom is -0.378 e. The van der Waals surface area contributed by atoms with E-state index in [1.807, 2.05) is 38.4 Å². The van der Waals surface area contributed by atoms with Gasteiger partial charge in [0.2, 0.25) is 5.91 Å². The lowest BCUT2D eigenvalue weighted by Gasteiger charge is -2.24. The van der Waals surface area contributed by atoms with Gasteiger partial charge in [-0.25, -0.2) is 4.68 Å². The van der Waals surface area contributed by atoms with Crippen molar-refractivity contribution in [1.82, 2.24) is 25.5 Å². The zero-order chi connectivity index (χ0) is 21.4. The van der Waals surface area contributed by atoms with Gasteiger partial charge in [0, 0.05) is 31.3 Å². The van der Waals surface area contributed by atoms with Crippen LogP contribution in [0.5, 0.6) is 0 Å². The van der Waals surface area contributed by atoms with Gasteiger partial charge in [-0.05, 0) is 47.5 Å². The molecular weight excluding hydrogens is 396 g/mol. The minimum absolute atomic E-state index is 0.122. The zero-order valence-electron chi connectivity index (χ0n) is 18.1. The summed E-state index contributed by atoms with van der Waals surface area (Å²) in [4.78, 5) is 14.8. The number of hydrogen-bond acceptors (Lipinski definition) is 7. The number of carbonyl (C=O) groups is 1. The SMILES string of the molecule is CN(C)c1ccc(-c2nnnn2C2COC3C(NC(=O)C4CCCCC4)COC32)cc1. The maximum absolute atomic E-state index is 12.7. The van der Waals surface area contributed by atoms with Crippen molar-refractivity contribution in [3.05, 3.63) is 24.3 Å². The number of carbonyl (C=O) groups excluding carboxylic acids is 1. The second-order valence-corrected chi connectivity index (χ2v) is 9.00. The molecule has 0 spiro atoms. The number of nitrogens with zero attached hydrogens (tertiary/aromatic N) is 5. The lowest BCUT2D eigenvalue weighted by Crippen LogP contribution is -2.46. The Hall–Kier alpha value is -2.52. The lowest BCUT2D eigenvalue weighted by molar-refractivity contribution is -0.127. The molecule has 2 aliphatic heterocycles. The Labute approximate surface area is 182 Å². The van der Waals surface area contributed by atoms with Crippen LogP contribution in [0.25, 0.3) is 11.4 Å². The summed E-state index contributed by atoms with van der Waals surface area (Å²) in [5.41, 5.74) is 2.06. The van der Waals surface area contributed by atoms with Crippen molar-refractivity contribution < 1.29 is 14.3 Å². The third-order valence-corrected chi connectivity index (χ3v) is 6.78. The van der Waals surface area contributed by atoms with Crippen molar-refractivity contribution in [2.45, 2.75) is 56.4 Å². The molecule has 0 radical (unpaired) electrons. The second kappa shape index (κ2) is 8.55. The molecule has 2 saturated heterocycles. The molecule has 31 heavy (non-hydrogen) atoms. The molecule has 4 unspecified atom stereocenters. The first-order valence-electron chi connectivity index (χ1n) is 11.2. The molecule has 1 saturated carbocycles. The summed E-state index contributed by atoms with van der Waals surface area (Å²) < 4.78 is 14.0. The highest BCUT2D eigenvalue weighted by Crippen LogP contribution is 2.36. The van der Waals surface area contributed by atoms with Crippen molar-refractivity contribution in [3.8, 4) is 11.4 Å². The van der Waals surface area contributed by atoms with Crippen LogP contribution in [0.15, 0.2) is 24.3 Å². The van der Waals surface area contributed by atoms with Gasteiger partial charge in [0.1, 0.15) is 18.2 Å². The normalized spacial score (nSPS) is 28.5. The number of ether oxygens (including phenoxy) is 2. The first-order chi connectivity index (χ1) is 15.1. The van der Waals surface area contributed by atoms with Crippen molar-refractivity contribution in [1.29, 1.82) is 0 Å². The molecule has 2 aromatic rings. The van der Waals surface area contributed by atoms with Crippen LogP contribution >= 0.6 is 0 Å². The number of nitrogens with one attached hydrogen (secondary N) is 1. The highest BCUT2D eigenvalue weighted by atomic mass is 16.6. The second-order valence-electron chi connectivity index (χ2n) is 9.00. The number of hydrogen-bond donors (Lipinski definition) is 1. The maximum Gasteiger partial charge on any atom is 0.223 e. The third-order valence-electron chi connectivity index (χ3n) is 6.78. The van der Waals surface area contributed by atoms with Gasteiger partial charge in [0.15, 0.2) is 5.82 Å². The summed E-state index contributed by atoms with van der Waals surface area (Å²) in [6.45, 7) is 0.915. The van der Waals surface area contributed by atoms with Gasteiger partial charge in [0.25, 0.3) is 0 Å². The molecule has 0 bridgehead atoms. The average molecular weight is 427 g/mol. The number of tetrazole rings is 1. The van der Waals surface area contributed by atoms with E-state index in [0.29, 0.717) is 19.0 Å². The molecule has 3 heterocycles. The number of benzene rings is 1. The van der Waals surface area contributed by atoms with Gasteiger partial charge in [-0.15, -0.1) is 5.10 Å². The van der Waals surface area contributed by atoms with Gasteiger partial charge < -0.3 is 19.7 Å². The maximum atomic E-state index is 12.7. The molecule has 9 nitrogen and oxygen atoms in total. The number of anilines is 1. The Balaban J connectivity index is 1.28. The summed E-state index contributed by atoms with van der Waals surface area (Å²) >= 11 is 0. The van der Waals surface area contributed by atoms with Crippen molar-refractivity contribution in [3.63, 3.8) is 0 Å². The van der Waals surface area contributed by atoms with Gasteiger partial charge in [0.05, 0.1) is 19.3 Å². The van der Waals surface area contributed by atoms with E-state index in [9.17, 15) is 4.79 Å². The van der Waals surface area contributed by atoms with Crippen molar-refractivity contribution >= 4 is 11.6 Å². The molecule has 3 aliphatic rings. The number of fused-ring (bicyclic) bond motifs is 1. The van der Waals surface area contributed by atoms with Crippen LogP contribution in [0.3, 0.4) is 0 Å². The summed E-state index contributed by atoms with van der Waals surface area (Å²) in [5.74, 6) is 0.962. The van der Waals surface area contributed by atoms with Crippen molar-refractivity contribution in [2.75, 3.05) is 32.2 Å². The van der Waals surface area contributed by atoms with Crippen LogP contribution in [0.4, 0.5) is 5.69 Å². The summed E-state index contributed by atoms with van der Waals surface area (Å²) in [5, 5.41) is 15.6. The lowest BCUT2D eigenvalue weighted by atomic mass is 9.88. The Morgan fingerprint density at radius 2 is 1.81 bits per heavy atom. The van der Waals surface area contributed by atoms with Crippen LogP contribution in [-0.2, 0) is 14.3 Å². The monoisotopic (exact) mass is 426 g/mol. The molecule has 1 aromatic carbocycles. The minimum atomic E-state index is -0.181. The van der Waals surface area contributed by atoms with E-state index in [4.69, 9.17) is 9.47 Å². The van der Waals surface area contributed by atoms with E-state index in [1.54, 1.807) is 4.68 Å². The predicted octanol–water partition coefficient (Wildman–Crippen LogP) is 1.81. The van der Waals surface area contributed by atoms with Crippen molar-refractivity contribution in [2.24, 2.45) is 5.92 Å². The molecule has 5 rings (SSSR count). The smallest absolute Gasteiger partial charge is 0.223 e. The summed E-state index contributed by atoms with van der Waals surface area (Å²) in [6.07, 6.45) is 5.13. The molecule has 1 aromatic heterocycles. The fraction of sp³-hybridized carbons (Fsp3) is 0.636. The zero-order valence-corrected chi connectivity index (χ0v) is 18.1. The van der Waals surface area contributed by atoms with Gasteiger partial charge in [-0.1, -0.05) is 19.3 Å². The fourth-order valence-electron chi connectivity index (χ4n) is 4.99. The Bertz CT molecular complexity index is 908. The van der Waals surface area contributed by atoms with E-state index in [1.165, 1.54) is 6.42 Å². The quantitative estimate of drug-likeness (QED) is 0.779. The largest absolute Gasteiger partial charge is 0.378 e. The molecule has 166 valence electrons. The third kappa shape index (κ3) is 3.92. The molecule has 4 atom stereocenters. The highest BCUT2D eigenvalue weighted by Gasteiger charge is 2.50. The number of rotatable bonds is 5. The van der Waals surface area contributed by atoms with E-state index in [2.05, 4.69) is 25.7 Å². The molecule has 3 fully saturated rings. The molecular formula is C22H30N6O3. The molecule has 1 amide bonds. The first-order valence-corrected chi connectivity index (χ1v) is 11.2. The topological polar surface area (TPSA) is 94.4 Å².